The molecule has 0 fully saturated rings. The zero-order valence-corrected chi connectivity index (χ0v) is 12.0. The molecule has 1 aliphatic carbocycles. The monoisotopic (exact) mass is 274 g/mol. The van der Waals surface area contributed by atoms with Crippen molar-refractivity contribution in [3.63, 3.8) is 0 Å². The first-order valence-corrected chi connectivity index (χ1v) is 7.65. The van der Waals surface area contributed by atoms with Gasteiger partial charge in [0.25, 0.3) is 0 Å². The van der Waals surface area contributed by atoms with Gasteiger partial charge in [-0.05, 0) is 32.6 Å². The fourth-order valence-electron chi connectivity index (χ4n) is 2.55. The van der Waals surface area contributed by atoms with Gasteiger partial charge in [0.05, 0.1) is 6.42 Å². The molecule has 100 valence electrons. The van der Waals surface area contributed by atoms with Crippen molar-refractivity contribution in [1.29, 1.82) is 0 Å². The van der Waals surface area contributed by atoms with Crippen molar-refractivity contribution in [2.24, 2.45) is 0 Å². The molecule has 0 spiro atoms. The van der Waals surface area contributed by atoms with Gasteiger partial charge in [-0.25, -0.2) is 15.0 Å². The van der Waals surface area contributed by atoms with Gasteiger partial charge in [-0.1, -0.05) is 6.42 Å². The number of hydrogen-bond acceptors (Lipinski definition) is 5. The molecular weight excluding hydrogens is 256 g/mol. The molecule has 4 nitrogen and oxygen atoms in total. The number of fused-ring (bicyclic) bond motifs is 1. The van der Waals surface area contributed by atoms with Crippen LogP contribution in [0.1, 0.15) is 47.0 Å². The summed E-state index contributed by atoms with van der Waals surface area (Å²) in [6.45, 7) is 2.01. The molecule has 0 atom stereocenters. The number of nitrogen functional groups attached to an aromatic ring is 1. The minimum absolute atomic E-state index is 0.676. The summed E-state index contributed by atoms with van der Waals surface area (Å²) in [5, 5.41) is 3.12. The van der Waals surface area contributed by atoms with Crippen LogP contribution in [0.15, 0.2) is 5.38 Å². The Hall–Kier alpha value is -1.49. The van der Waals surface area contributed by atoms with Gasteiger partial charge in [-0.15, -0.1) is 11.3 Å². The number of nitrogens with two attached hydrogens (primary N) is 1. The van der Waals surface area contributed by atoms with Crippen molar-refractivity contribution in [1.82, 2.24) is 15.0 Å². The summed E-state index contributed by atoms with van der Waals surface area (Å²) >= 11 is 1.66. The zero-order valence-electron chi connectivity index (χ0n) is 11.1. The highest BCUT2D eigenvalue weighted by molar-refractivity contribution is 7.09. The van der Waals surface area contributed by atoms with Crippen LogP contribution >= 0.6 is 11.3 Å². The number of anilines is 1. The van der Waals surface area contributed by atoms with Gasteiger partial charge in [0.15, 0.2) is 0 Å². The molecule has 0 unspecified atom stereocenters. The van der Waals surface area contributed by atoms with E-state index in [0.29, 0.717) is 12.2 Å². The van der Waals surface area contributed by atoms with E-state index in [-0.39, 0.29) is 0 Å². The summed E-state index contributed by atoms with van der Waals surface area (Å²) in [6, 6.07) is 0. The smallest absolute Gasteiger partial charge is 0.137 e. The molecule has 0 saturated heterocycles. The van der Waals surface area contributed by atoms with Gasteiger partial charge in [0, 0.05) is 22.3 Å². The van der Waals surface area contributed by atoms with Gasteiger partial charge in [0.1, 0.15) is 16.6 Å². The number of aryl methyl sites for hydroxylation is 2. The van der Waals surface area contributed by atoms with E-state index < -0.39 is 0 Å². The minimum atomic E-state index is 0.676. The molecule has 3 rings (SSSR count). The summed E-state index contributed by atoms with van der Waals surface area (Å²) in [6.07, 6.45) is 6.42. The molecule has 0 saturated carbocycles. The Balaban J connectivity index is 1.90. The van der Waals surface area contributed by atoms with E-state index in [0.717, 1.165) is 35.1 Å². The number of nitrogens with zero attached hydrogens (tertiary/aromatic N) is 3. The molecule has 19 heavy (non-hydrogen) atoms. The fourth-order valence-corrected chi connectivity index (χ4v) is 3.32. The number of thiazole rings is 1. The maximum Gasteiger partial charge on any atom is 0.137 e. The first-order chi connectivity index (χ1) is 9.22. The van der Waals surface area contributed by atoms with Crippen molar-refractivity contribution in [2.45, 2.75) is 45.4 Å². The molecule has 0 bridgehead atoms. The van der Waals surface area contributed by atoms with Gasteiger partial charge in [-0.3, -0.25) is 0 Å². The van der Waals surface area contributed by atoms with Crippen molar-refractivity contribution in [3.05, 3.63) is 33.2 Å². The Morgan fingerprint density at radius 2 is 2.00 bits per heavy atom. The lowest BCUT2D eigenvalue weighted by Crippen LogP contribution is -2.09. The van der Waals surface area contributed by atoms with Crippen LogP contribution in [0.2, 0.25) is 0 Å². The topological polar surface area (TPSA) is 64.7 Å². The maximum absolute atomic E-state index is 6.10. The second-order valence-electron chi connectivity index (χ2n) is 5.07. The van der Waals surface area contributed by atoms with Crippen LogP contribution in [-0.2, 0) is 19.3 Å². The van der Waals surface area contributed by atoms with Crippen LogP contribution in [0.25, 0.3) is 0 Å². The fraction of sp³-hybridized carbons (Fsp3) is 0.500. The zero-order chi connectivity index (χ0) is 13.2. The summed E-state index contributed by atoms with van der Waals surface area (Å²) in [7, 11) is 0. The summed E-state index contributed by atoms with van der Waals surface area (Å²) in [5.74, 6) is 1.49. The molecule has 0 aliphatic heterocycles. The van der Waals surface area contributed by atoms with E-state index in [1.807, 2.05) is 6.92 Å². The Morgan fingerprint density at radius 1 is 1.16 bits per heavy atom. The lowest BCUT2D eigenvalue weighted by molar-refractivity contribution is 0.708. The number of aromatic nitrogens is 3. The normalized spacial score (nSPS) is 15.0. The molecule has 0 amide bonds. The average molecular weight is 274 g/mol. The molecule has 0 radical (unpaired) electrons. The first-order valence-electron chi connectivity index (χ1n) is 6.77. The quantitative estimate of drug-likeness (QED) is 0.855. The highest BCUT2D eigenvalue weighted by Gasteiger charge is 2.15. The van der Waals surface area contributed by atoms with Crippen LogP contribution < -0.4 is 5.73 Å². The third-order valence-electron chi connectivity index (χ3n) is 3.49. The van der Waals surface area contributed by atoms with Gasteiger partial charge >= 0.3 is 0 Å². The minimum Gasteiger partial charge on any atom is -0.383 e. The van der Waals surface area contributed by atoms with E-state index in [9.17, 15) is 0 Å². The first kappa shape index (κ1) is 12.5. The molecule has 2 heterocycles. The lowest BCUT2D eigenvalue weighted by Gasteiger charge is -2.09. The van der Waals surface area contributed by atoms with Gasteiger partial charge < -0.3 is 5.73 Å². The lowest BCUT2D eigenvalue weighted by atomic mass is 10.1. The van der Waals surface area contributed by atoms with E-state index in [4.69, 9.17) is 10.7 Å². The predicted molar refractivity (Wildman–Crippen MR) is 77.4 cm³/mol. The summed E-state index contributed by atoms with van der Waals surface area (Å²) in [4.78, 5) is 13.6. The SMILES string of the molecule is Cc1csc(Cc2nc(N)c3c(n2)CCCCC3)n1. The molecule has 2 N–H and O–H groups in total. The summed E-state index contributed by atoms with van der Waals surface area (Å²) < 4.78 is 0. The molecule has 1 aliphatic rings. The average Bonchev–Trinajstić information content (AvgIpc) is 2.64. The third-order valence-corrected chi connectivity index (χ3v) is 4.45. The molecular formula is C14H18N4S. The van der Waals surface area contributed by atoms with Crippen LogP contribution in [-0.4, -0.2) is 15.0 Å². The van der Waals surface area contributed by atoms with Crippen LogP contribution in [0.5, 0.6) is 0 Å². The summed E-state index contributed by atoms with van der Waals surface area (Å²) in [5.41, 5.74) is 9.50. The van der Waals surface area contributed by atoms with Crippen molar-refractivity contribution >= 4 is 17.2 Å². The highest BCUT2D eigenvalue weighted by atomic mass is 32.1. The van der Waals surface area contributed by atoms with Gasteiger partial charge in [0.2, 0.25) is 0 Å². The second-order valence-corrected chi connectivity index (χ2v) is 6.01. The Labute approximate surface area is 117 Å². The highest BCUT2D eigenvalue weighted by Crippen LogP contribution is 2.24. The second kappa shape index (κ2) is 5.25. The largest absolute Gasteiger partial charge is 0.383 e. The van der Waals surface area contributed by atoms with E-state index in [2.05, 4.69) is 15.3 Å². The van der Waals surface area contributed by atoms with Crippen molar-refractivity contribution in [2.75, 3.05) is 5.73 Å². The van der Waals surface area contributed by atoms with E-state index in [1.54, 1.807) is 11.3 Å². The Kier molecular flexibility index (Phi) is 3.46. The molecule has 2 aromatic rings. The standard InChI is InChI=1S/C14H18N4S/c1-9-8-19-13(16-9)7-12-17-11-6-4-2-3-5-10(11)14(15)18-12/h8H,2-7H2,1H3,(H2,15,17,18). The van der Waals surface area contributed by atoms with Crippen molar-refractivity contribution < 1.29 is 0 Å². The molecule has 2 aromatic heterocycles. The maximum atomic E-state index is 6.10. The number of hydrogen-bond donors (Lipinski definition) is 1. The third kappa shape index (κ3) is 2.76. The Morgan fingerprint density at radius 3 is 2.79 bits per heavy atom. The van der Waals surface area contributed by atoms with Gasteiger partial charge in [-0.2, -0.15) is 0 Å². The molecule has 0 aromatic carbocycles. The number of rotatable bonds is 2. The van der Waals surface area contributed by atoms with E-state index in [1.165, 1.54) is 24.8 Å². The van der Waals surface area contributed by atoms with Crippen molar-refractivity contribution in [3.8, 4) is 0 Å². The van der Waals surface area contributed by atoms with E-state index >= 15 is 0 Å². The Bertz CT molecular complexity index is 591. The van der Waals surface area contributed by atoms with Crippen LogP contribution in [0.3, 0.4) is 0 Å². The van der Waals surface area contributed by atoms with Crippen LogP contribution in [0.4, 0.5) is 5.82 Å². The van der Waals surface area contributed by atoms with Crippen LogP contribution in [0, 0.1) is 6.92 Å². The predicted octanol–water partition coefficient (Wildman–Crippen LogP) is 2.68. The molecule has 5 heteroatoms.